The molecule has 1 amide bonds. The number of fused-ring (bicyclic) bond motifs is 2. The summed E-state index contributed by atoms with van der Waals surface area (Å²) in [5.41, 5.74) is 1.84. The molecule has 0 bridgehead atoms. The molecule has 4 aromatic rings. The van der Waals surface area contributed by atoms with Crippen LogP contribution >= 0.6 is 0 Å². The molecule has 29 heavy (non-hydrogen) atoms. The van der Waals surface area contributed by atoms with Crippen LogP contribution in [0.5, 0.6) is 0 Å². The van der Waals surface area contributed by atoms with E-state index >= 15 is 0 Å². The second-order valence-corrected chi connectivity index (χ2v) is 6.88. The number of H-pyrrole nitrogens is 2. The maximum atomic E-state index is 12.5. The number of nitrogens with one attached hydrogen (secondary N) is 2. The maximum absolute atomic E-state index is 12.5. The van der Waals surface area contributed by atoms with Gasteiger partial charge in [0.05, 0.1) is 5.39 Å². The van der Waals surface area contributed by atoms with Crippen LogP contribution in [0.3, 0.4) is 0 Å². The lowest BCUT2D eigenvalue weighted by Crippen LogP contribution is -2.24. The smallest absolute Gasteiger partial charge is 0.327 e. The van der Waals surface area contributed by atoms with E-state index in [-0.39, 0.29) is 16.9 Å². The average molecular weight is 389 g/mol. The molecule has 1 aromatic carbocycles. The number of aromatic nitrogens is 4. The highest BCUT2D eigenvalue weighted by Crippen LogP contribution is 2.21. The molecule has 0 aliphatic rings. The SMILES string of the molecule is CN(Cc1cn(C)c2ccccc12)C(=O)/C=C/c1cnc2[nH]c(=O)[nH]c(=O)c2c1. The quantitative estimate of drug-likeness (QED) is 0.519. The Kier molecular flexibility index (Phi) is 4.59. The molecule has 3 heterocycles. The van der Waals surface area contributed by atoms with Gasteiger partial charge in [-0.1, -0.05) is 18.2 Å². The zero-order valence-corrected chi connectivity index (χ0v) is 16.0. The number of para-hydroxylation sites is 1. The van der Waals surface area contributed by atoms with Gasteiger partial charge < -0.3 is 9.47 Å². The number of hydrogen-bond acceptors (Lipinski definition) is 4. The summed E-state index contributed by atoms with van der Waals surface area (Å²) in [5, 5.41) is 1.37. The number of amides is 1. The molecule has 2 N–H and O–H groups in total. The molecule has 4 rings (SSSR count). The molecule has 0 fully saturated rings. The van der Waals surface area contributed by atoms with Gasteiger partial charge in [0.25, 0.3) is 5.56 Å². The fourth-order valence-electron chi connectivity index (χ4n) is 3.33. The van der Waals surface area contributed by atoms with Crippen molar-refractivity contribution in [3.05, 3.63) is 80.8 Å². The molecular weight excluding hydrogens is 370 g/mol. The van der Waals surface area contributed by atoms with E-state index in [9.17, 15) is 14.4 Å². The van der Waals surface area contributed by atoms with Crippen LogP contribution in [0.15, 0.2) is 58.4 Å². The number of carbonyl (C=O) groups excluding carboxylic acids is 1. The van der Waals surface area contributed by atoms with Gasteiger partial charge in [-0.2, -0.15) is 0 Å². The first-order valence-corrected chi connectivity index (χ1v) is 9.01. The predicted molar refractivity (Wildman–Crippen MR) is 111 cm³/mol. The van der Waals surface area contributed by atoms with E-state index < -0.39 is 11.2 Å². The highest BCUT2D eigenvalue weighted by molar-refractivity contribution is 5.92. The lowest BCUT2D eigenvalue weighted by Gasteiger charge is -2.14. The molecule has 8 nitrogen and oxygen atoms in total. The summed E-state index contributed by atoms with van der Waals surface area (Å²) in [4.78, 5) is 46.0. The monoisotopic (exact) mass is 389 g/mol. The first kappa shape index (κ1) is 18.4. The summed E-state index contributed by atoms with van der Waals surface area (Å²) in [7, 11) is 3.72. The predicted octanol–water partition coefficient (Wildman–Crippen LogP) is 1.77. The molecule has 0 aliphatic carbocycles. The topological polar surface area (TPSA) is 104 Å². The second kappa shape index (κ2) is 7.23. The molecular formula is C21H19N5O3. The lowest BCUT2D eigenvalue weighted by atomic mass is 10.1. The van der Waals surface area contributed by atoms with Crippen molar-refractivity contribution in [2.75, 3.05) is 7.05 Å². The molecule has 3 aromatic heterocycles. The number of pyridine rings is 1. The van der Waals surface area contributed by atoms with Gasteiger partial charge in [-0.05, 0) is 29.3 Å². The van der Waals surface area contributed by atoms with Crippen LogP contribution in [-0.4, -0.2) is 37.4 Å². The fourth-order valence-corrected chi connectivity index (χ4v) is 3.33. The lowest BCUT2D eigenvalue weighted by molar-refractivity contribution is -0.125. The number of aromatic amines is 2. The average Bonchev–Trinajstić information content (AvgIpc) is 3.02. The highest BCUT2D eigenvalue weighted by atomic mass is 16.2. The molecule has 0 saturated heterocycles. The number of benzene rings is 1. The van der Waals surface area contributed by atoms with Crippen LogP contribution in [0.4, 0.5) is 0 Å². The van der Waals surface area contributed by atoms with Crippen molar-refractivity contribution in [2.45, 2.75) is 6.54 Å². The Balaban J connectivity index is 1.54. The van der Waals surface area contributed by atoms with Gasteiger partial charge in [0.1, 0.15) is 5.65 Å². The Morgan fingerprint density at radius 3 is 2.83 bits per heavy atom. The molecule has 0 saturated carbocycles. The Morgan fingerprint density at radius 2 is 2.00 bits per heavy atom. The van der Waals surface area contributed by atoms with Crippen molar-refractivity contribution in [1.82, 2.24) is 24.4 Å². The first-order valence-electron chi connectivity index (χ1n) is 9.01. The molecule has 0 atom stereocenters. The summed E-state index contributed by atoms with van der Waals surface area (Å²) in [6, 6.07) is 9.63. The van der Waals surface area contributed by atoms with Gasteiger partial charge >= 0.3 is 5.69 Å². The van der Waals surface area contributed by atoms with Crippen LogP contribution < -0.4 is 11.2 Å². The third-order valence-corrected chi connectivity index (χ3v) is 4.79. The van der Waals surface area contributed by atoms with Crippen LogP contribution in [0.2, 0.25) is 0 Å². The minimum Gasteiger partial charge on any atom is -0.350 e. The maximum Gasteiger partial charge on any atom is 0.327 e. The normalized spacial score (nSPS) is 11.5. The van der Waals surface area contributed by atoms with Crippen molar-refractivity contribution < 1.29 is 4.79 Å². The summed E-state index contributed by atoms with van der Waals surface area (Å²) < 4.78 is 2.04. The summed E-state index contributed by atoms with van der Waals surface area (Å²) >= 11 is 0. The van der Waals surface area contributed by atoms with Crippen LogP contribution in [-0.2, 0) is 18.4 Å². The van der Waals surface area contributed by atoms with Crippen molar-refractivity contribution in [3.63, 3.8) is 0 Å². The minimum absolute atomic E-state index is 0.173. The number of hydrogen-bond donors (Lipinski definition) is 2. The number of rotatable bonds is 4. The van der Waals surface area contributed by atoms with E-state index in [1.165, 1.54) is 12.3 Å². The van der Waals surface area contributed by atoms with E-state index in [1.54, 1.807) is 24.1 Å². The number of nitrogens with zero attached hydrogens (tertiary/aromatic N) is 3. The van der Waals surface area contributed by atoms with Gasteiger partial charge in [-0.3, -0.25) is 19.6 Å². The van der Waals surface area contributed by atoms with E-state index in [1.807, 2.05) is 42.1 Å². The number of aryl methyl sites for hydroxylation is 1. The van der Waals surface area contributed by atoms with Gasteiger partial charge in [0.2, 0.25) is 5.91 Å². The largest absolute Gasteiger partial charge is 0.350 e. The molecule has 0 unspecified atom stereocenters. The van der Waals surface area contributed by atoms with Gasteiger partial charge in [-0.25, -0.2) is 9.78 Å². The van der Waals surface area contributed by atoms with Crippen molar-refractivity contribution in [1.29, 1.82) is 0 Å². The zero-order valence-electron chi connectivity index (χ0n) is 16.0. The summed E-state index contributed by atoms with van der Waals surface area (Å²) in [6.07, 6.45) is 6.55. The Morgan fingerprint density at radius 1 is 1.21 bits per heavy atom. The minimum atomic E-state index is -0.608. The third-order valence-electron chi connectivity index (χ3n) is 4.79. The summed E-state index contributed by atoms with van der Waals surface area (Å²) in [6.45, 7) is 0.474. The van der Waals surface area contributed by atoms with Gasteiger partial charge in [-0.15, -0.1) is 0 Å². The Hall–Kier alpha value is -3.94. The number of carbonyl (C=O) groups is 1. The highest BCUT2D eigenvalue weighted by Gasteiger charge is 2.11. The van der Waals surface area contributed by atoms with Gasteiger partial charge in [0, 0.05) is 50.0 Å². The third kappa shape index (κ3) is 3.60. The van der Waals surface area contributed by atoms with Crippen molar-refractivity contribution >= 4 is 33.9 Å². The fraction of sp³-hybridized carbons (Fsp3) is 0.143. The Labute approximate surface area is 165 Å². The molecule has 0 radical (unpaired) electrons. The standard InChI is InChI=1S/C21H19N5O3/c1-25-11-14(15-5-3-4-6-17(15)25)12-26(2)18(27)8-7-13-9-16-19(22-10-13)23-21(29)24-20(16)28/h3-11H,12H2,1-2H3,(H2,22,23,24,28,29)/b8-7+. The second-order valence-electron chi connectivity index (χ2n) is 6.88. The van der Waals surface area contributed by atoms with Crippen LogP contribution in [0.1, 0.15) is 11.1 Å². The van der Waals surface area contributed by atoms with E-state index in [0.29, 0.717) is 12.1 Å². The van der Waals surface area contributed by atoms with Crippen molar-refractivity contribution in [2.24, 2.45) is 7.05 Å². The Bertz CT molecular complexity index is 1380. The van der Waals surface area contributed by atoms with E-state index in [2.05, 4.69) is 15.0 Å². The van der Waals surface area contributed by atoms with E-state index in [4.69, 9.17) is 0 Å². The zero-order chi connectivity index (χ0) is 20.5. The number of likely N-dealkylation sites (N-methyl/N-ethyl adjacent to an activating group) is 1. The molecule has 8 heteroatoms. The molecule has 0 spiro atoms. The van der Waals surface area contributed by atoms with Crippen molar-refractivity contribution in [3.8, 4) is 0 Å². The molecule has 0 aliphatic heterocycles. The van der Waals surface area contributed by atoms with Crippen LogP contribution in [0.25, 0.3) is 28.0 Å². The van der Waals surface area contributed by atoms with E-state index in [0.717, 1.165) is 16.5 Å². The van der Waals surface area contributed by atoms with Gasteiger partial charge in [0.15, 0.2) is 0 Å². The van der Waals surface area contributed by atoms with Crippen LogP contribution in [0, 0.1) is 0 Å². The molecule has 146 valence electrons. The summed E-state index contributed by atoms with van der Waals surface area (Å²) in [5.74, 6) is -0.173. The first-order chi connectivity index (χ1) is 13.9.